The van der Waals surface area contributed by atoms with E-state index in [0.29, 0.717) is 18.3 Å². The highest BCUT2D eigenvalue weighted by Crippen LogP contribution is 2.19. The maximum atomic E-state index is 11.9. The molecule has 6 heteroatoms. The van der Waals surface area contributed by atoms with Crippen LogP contribution >= 0.6 is 22.6 Å². The summed E-state index contributed by atoms with van der Waals surface area (Å²) in [6, 6.07) is 5.99. The molecular formula is C12H19IN2O2S. The van der Waals surface area contributed by atoms with E-state index in [1.165, 1.54) is 0 Å². The zero-order valence-electron chi connectivity index (χ0n) is 10.8. The van der Waals surface area contributed by atoms with Gasteiger partial charge in [0, 0.05) is 16.2 Å². The summed E-state index contributed by atoms with van der Waals surface area (Å²) in [6.07, 6.45) is 0. The second-order valence-electron chi connectivity index (χ2n) is 4.49. The third-order valence-corrected chi connectivity index (χ3v) is 4.33. The molecular weight excluding hydrogens is 363 g/mol. The van der Waals surface area contributed by atoms with E-state index >= 15 is 0 Å². The monoisotopic (exact) mass is 382 g/mol. The summed E-state index contributed by atoms with van der Waals surface area (Å²) in [7, 11) is -3.29. The van der Waals surface area contributed by atoms with Gasteiger partial charge in [-0.1, -0.05) is 19.9 Å². The van der Waals surface area contributed by atoms with Gasteiger partial charge in [0.15, 0.2) is 0 Å². The van der Waals surface area contributed by atoms with Crippen LogP contribution in [0.1, 0.15) is 19.4 Å². The SMILES string of the molecule is Cc1ccc(I)cc1NS(=O)(=O)CCNC(C)C. The van der Waals surface area contributed by atoms with Crippen molar-refractivity contribution < 1.29 is 8.42 Å². The van der Waals surface area contributed by atoms with Crippen LogP contribution in [0, 0.1) is 10.5 Å². The molecule has 0 spiro atoms. The Morgan fingerprint density at radius 2 is 2.00 bits per heavy atom. The molecule has 0 saturated heterocycles. The van der Waals surface area contributed by atoms with E-state index in [9.17, 15) is 8.42 Å². The van der Waals surface area contributed by atoms with Gasteiger partial charge in [0.2, 0.25) is 10.0 Å². The Balaban J connectivity index is 2.67. The summed E-state index contributed by atoms with van der Waals surface area (Å²) in [5, 5.41) is 3.09. The van der Waals surface area contributed by atoms with Gasteiger partial charge < -0.3 is 5.32 Å². The number of halogens is 1. The molecule has 2 N–H and O–H groups in total. The van der Waals surface area contributed by atoms with Crippen molar-refractivity contribution in [2.45, 2.75) is 26.8 Å². The van der Waals surface area contributed by atoms with Crippen LogP contribution in [0.4, 0.5) is 5.69 Å². The van der Waals surface area contributed by atoms with E-state index in [1.54, 1.807) is 0 Å². The van der Waals surface area contributed by atoms with Crippen LogP contribution in [-0.2, 0) is 10.0 Å². The van der Waals surface area contributed by atoms with Crippen molar-refractivity contribution in [3.8, 4) is 0 Å². The fourth-order valence-electron chi connectivity index (χ4n) is 1.40. The van der Waals surface area contributed by atoms with Crippen molar-refractivity contribution in [2.24, 2.45) is 0 Å². The minimum atomic E-state index is -3.29. The summed E-state index contributed by atoms with van der Waals surface area (Å²) >= 11 is 2.16. The largest absolute Gasteiger partial charge is 0.313 e. The number of aryl methyl sites for hydroxylation is 1. The lowest BCUT2D eigenvalue weighted by Crippen LogP contribution is -2.31. The molecule has 0 aliphatic carbocycles. The van der Waals surface area contributed by atoms with Crippen LogP contribution < -0.4 is 10.0 Å². The third kappa shape index (κ3) is 5.53. The van der Waals surface area contributed by atoms with E-state index in [0.717, 1.165) is 9.13 Å². The molecule has 0 heterocycles. The lowest BCUT2D eigenvalue weighted by atomic mass is 10.2. The lowest BCUT2D eigenvalue weighted by molar-refractivity contribution is 0.582. The maximum absolute atomic E-state index is 11.9. The molecule has 0 saturated carbocycles. The summed E-state index contributed by atoms with van der Waals surface area (Å²) in [6.45, 7) is 6.32. The first kappa shape index (κ1) is 15.7. The Kier molecular flexibility index (Phi) is 5.87. The molecule has 0 aliphatic rings. The van der Waals surface area contributed by atoms with Gasteiger partial charge in [-0.3, -0.25) is 4.72 Å². The summed E-state index contributed by atoms with van der Waals surface area (Å²) in [4.78, 5) is 0. The fourth-order valence-corrected chi connectivity index (χ4v) is 2.94. The molecule has 18 heavy (non-hydrogen) atoms. The summed E-state index contributed by atoms with van der Waals surface area (Å²) in [5.41, 5.74) is 1.59. The van der Waals surface area contributed by atoms with Crippen molar-refractivity contribution in [3.63, 3.8) is 0 Å². The van der Waals surface area contributed by atoms with Crippen LogP contribution in [0.3, 0.4) is 0 Å². The second-order valence-corrected chi connectivity index (χ2v) is 7.58. The van der Waals surface area contributed by atoms with E-state index in [2.05, 4.69) is 32.6 Å². The van der Waals surface area contributed by atoms with Crippen LogP contribution in [-0.4, -0.2) is 26.8 Å². The minimum absolute atomic E-state index is 0.0795. The highest BCUT2D eigenvalue weighted by atomic mass is 127. The molecule has 4 nitrogen and oxygen atoms in total. The van der Waals surface area contributed by atoms with Gasteiger partial charge in [0.05, 0.1) is 11.4 Å². The van der Waals surface area contributed by atoms with Crippen LogP contribution in [0.15, 0.2) is 18.2 Å². The van der Waals surface area contributed by atoms with E-state index < -0.39 is 10.0 Å². The Bertz CT molecular complexity index is 501. The number of anilines is 1. The van der Waals surface area contributed by atoms with Gasteiger partial charge in [-0.15, -0.1) is 0 Å². The molecule has 0 fully saturated rings. The van der Waals surface area contributed by atoms with Crippen molar-refractivity contribution >= 4 is 38.3 Å². The highest BCUT2D eigenvalue weighted by molar-refractivity contribution is 14.1. The average Bonchev–Trinajstić information content (AvgIpc) is 2.22. The molecule has 1 aromatic carbocycles. The molecule has 0 bridgehead atoms. The average molecular weight is 382 g/mol. The summed E-state index contributed by atoms with van der Waals surface area (Å²) in [5.74, 6) is 0.0795. The van der Waals surface area contributed by atoms with E-state index in [1.807, 2.05) is 39.0 Å². The molecule has 0 unspecified atom stereocenters. The number of rotatable bonds is 6. The van der Waals surface area contributed by atoms with Gasteiger partial charge in [-0.2, -0.15) is 0 Å². The van der Waals surface area contributed by atoms with E-state index in [4.69, 9.17) is 0 Å². The molecule has 0 aliphatic heterocycles. The summed E-state index contributed by atoms with van der Waals surface area (Å²) < 4.78 is 27.4. The van der Waals surface area contributed by atoms with Crippen molar-refractivity contribution in [2.75, 3.05) is 17.0 Å². The Hall–Kier alpha value is -0.340. The number of sulfonamides is 1. The first-order chi connectivity index (χ1) is 8.30. The number of hydrogen-bond donors (Lipinski definition) is 2. The Morgan fingerprint density at radius 3 is 2.61 bits per heavy atom. The third-order valence-electron chi connectivity index (χ3n) is 2.39. The van der Waals surface area contributed by atoms with Gasteiger partial charge >= 0.3 is 0 Å². The fraction of sp³-hybridized carbons (Fsp3) is 0.500. The van der Waals surface area contributed by atoms with Gasteiger partial charge in [0.1, 0.15) is 0 Å². The van der Waals surface area contributed by atoms with Crippen molar-refractivity contribution in [1.29, 1.82) is 0 Å². The molecule has 102 valence electrons. The topological polar surface area (TPSA) is 58.2 Å². The standard InChI is InChI=1S/C12H19IN2O2S/c1-9(2)14-6-7-18(16,17)15-12-8-11(13)5-4-10(12)3/h4-5,8-9,14-15H,6-7H2,1-3H3. The van der Waals surface area contributed by atoms with Gasteiger partial charge in [-0.05, 0) is 47.2 Å². The number of nitrogens with one attached hydrogen (secondary N) is 2. The molecule has 1 aromatic rings. The molecule has 0 radical (unpaired) electrons. The minimum Gasteiger partial charge on any atom is -0.313 e. The van der Waals surface area contributed by atoms with Crippen molar-refractivity contribution in [1.82, 2.24) is 5.32 Å². The maximum Gasteiger partial charge on any atom is 0.233 e. The van der Waals surface area contributed by atoms with E-state index in [-0.39, 0.29) is 5.75 Å². The first-order valence-electron chi connectivity index (χ1n) is 5.80. The molecule has 0 amide bonds. The van der Waals surface area contributed by atoms with Gasteiger partial charge in [-0.25, -0.2) is 8.42 Å². The molecule has 0 atom stereocenters. The first-order valence-corrected chi connectivity index (χ1v) is 8.53. The molecule has 1 rings (SSSR count). The Morgan fingerprint density at radius 1 is 1.33 bits per heavy atom. The predicted molar refractivity (Wildman–Crippen MR) is 84.4 cm³/mol. The zero-order valence-corrected chi connectivity index (χ0v) is 13.8. The zero-order chi connectivity index (χ0) is 13.8. The molecule has 0 aromatic heterocycles. The van der Waals surface area contributed by atoms with Gasteiger partial charge in [0.25, 0.3) is 0 Å². The Labute approximate surface area is 123 Å². The van der Waals surface area contributed by atoms with Crippen molar-refractivity contribution in [3.05, 3.63) is 27.3 Å². The quantitative estimate of drug-likeness (QED) is 0.743. The van der Waals surface area contributed by atoms with Crippen LogP contribution in [0.2, 0.25) is 0 Å². The highest BCUT2D eigenvalue weighted by Gasteiger charge is 2.12. The normalized spacial score (nSPS) is 11.8. The number of hydrogen-bond acceptors (Lipinski definition) is 3. The lowest BCUT2D eigenvalue weighted by Gasteiger charge is -2.12. The van der Waals surface area contributed by atoms with Crippen LogP contribution in [0.25, 0.3) is 0 Å². The smallest absolute Gasteiger partial charge is 0.233 e. The van der Waals surface area contributed by atoms with Crippen LogP contribution in [0.5, 0.6) is 0 Å². The predicted octanol–water partition coefficient (Wildman–Crippen LogP) is 2.34. The second kappa shape index (κ2) is 6.72. The number of benzene rings is 1.